The fraction of sp³-hybridized carbons (Fsp3) is 0.533. The summed E-state index contributed by atoms with van der Waals surface area (Å²) in [5.41, 5.74) is 1.08. The van der Waals surface area contributed by atoms with Gasteiger partial charge in [-0.2, -0.15) is 0 Å². The van der Waals surface area contributed by atoms with Gasteiger partial charge in [-0.1, -0.05) is 6.07 Å². The molecule has 2 rings (SSSR count). The van der Waals surface area contributed by atoms with Crippen LogP contribution in [0.5, 0.6) is 0 Å². The number of hydrogen-bond donors (Lipinski definition) is 3. The number of nitrogens with one attached hydrogen (secondary N) is 1. The first-order chi connectivity index (χ1) is 10.3. The first kappa shape index (κ1) is 16.9. The Morgan fingerprint density at radius 3 is 2.82 bits per heavy atom. The van der Waals surface area contributed by atoms with Gasteiger partial charge in [0.05, 0.1) is 11.4 Å². The van der Waals surface area contributed by atoms with Gasteiger partial charge >= 0.3 is 5.97 Å². The maximum atomic E-state index is 10.9. The minimum atomic E-state index is -0.923. The smallest absolute Gasteiger partial charge is 0.329 e. The van der Waals surface area contributed by atoms with E-state index in [1.807, 2.05) is 20.8 Å². The van der Waals surface area contributed by atoms with Crippen LogP contribution in [0.1, 0.15) is 38.3 Å². The number of carboxylic acids is 1. The van der Waals surface area contributed by atoms with E-state index in [1.54, 1.807) is 18.2 Å². The molecule has 1 aliphatic rings. The van der Waals surface area contributed by atoms with Gasteiger partial charge < -0.3 is 15.5 Å². The summed E-state index contributed by atoms with van der Waals surface area (Å²) in [5.74, 6) is -0.502. The summed E-state index contributed by atoms with van der Waals surface area (Å²) in [6.45, 7) is 6.48. The van der Waals surface area contributed by atoms with Crippen LogP contribution in [-0.4, -0.2) is 50.1 Å². The lowest BCUT2D eigenvalue weighted by molar-refractivity contribution is -0.137. The third kappa shape index (κ3) is 4.53. The van der Waals surface area contributed by atoms with Crippen molar-refractivity contribution in [1.29, 1.82) is 0 Å². The van der Waals surface area contributed by atoms with Crippen LogP contribution >= 0.6 is 11.8 Å². The zero-order valence-electron chi connectivity index (χ0n) is 12.9. The molecule has 0 saturated carbocycles. The fourth-order valence-corrected chi connectivity index (χ4v) is 2.90. The van der Waals surface area contributed by atoms with Crippen molar-refractivity contribution in [3.63, 3.8) is 0 Å². The number of aliphatic hydroxyl groups is 1. The Labute approximate surface area is 134 Å². The van der Waals surface area contributed by atoms with Crippen molar-refractivity contribution in [2.75, 3.05) is 12.3 Å². The SMILES string of the molecule is CC(C)(C)NC[C@H](O)c1cccc(C2=N[C@H](C(=O)O)CS2)n1. The predicted octanol–water partition coefficient (Wildman–Crippen LogP) is 1.45. The molecule has 2 heterocycles. The molecular formula is C15H21N3O3S. The monoisotopic (exact) mass is 323 g/mol. The van der Waals surface area contributed by atoms with E-state index >= 15 is 0 Å². The highest BCUT2D eigenvalue weighted by Gasteiger charge is 2.26. The number of aliphatic imine (C=N–C) groups is 1. The minimum Gasteiger partial charge on any atom is -0.480 e. The summed E-state index contributed by atoms with van der Waals surface area (Å²) >= 11 is 1.38. The molecule has 1 aromatic heterocycles. The Balaban J connectivity index is 2.10. The van der Waals surface area contributed by atoms with Crippen molar-refractivity contribution in [3.05, 3.63) is 29.6 Å². The van der Waals surface area contributed by atoms with E-state index in [-0.39, 0.29) is 5.54 Å². The molecule has 0 fully saturated rings. The molecule has 0 unspecified atom stereocenters. The fourth-order valence-electron chi connectivity index (χ4n) is 1.90. The number of aliphatic carboxylic acids is 1. The average molecular weight is 323 g/mol. The maximum absolute atomic E-state index is 10.9. The predicted molar refractivity (Wildman–Crippen MR) is 87.4 cm³/mol. The first-order valence-corrected chi connectivity index (χ1v) is 8.08. The number of aliphatic hydroxyl groups excluding tert-OH is 1. The molecule has 1 aromatic rings. The van der Waals surface area contributed by atoms with Gasteiger partial charge in [0.25, 0.3) is 0 Å². The molecule has 0 amide bonds. The van der Waals surface area contributed by atoms with Crippen molar-refractivity contribution >= 4 is 22.8 Å². The highest BCUT2D eigenvalue weighted by Crippen LogP contribution is 2.23. The average Bonchev–Trinajstić information content (AvgIpc) is 2.94. The molecular weight excluding hydrogens is 302 g/mol. The highest BCUT2D eigenvalue weighted by atomic mass is 32.2. The summed E-state index contributed by atoms with van der Waals surface area (Å²) in [6.07, 6.45) is -0.721. The topological polar surface area (TPSA) is 94.8 Å². The second kappa shape index (κ2) is 6.76. The Bertz CT molecular complexity index is 584. The molecule has 2 atom stereocenters. The number of pyridine rings is 1. The van der Waals surface area contributed by atoms with Crippen LogP contribution in [0.4, 0.5) is 0 Å². The zero-order valence-corrected chi connectivity index (χ0v) is 13.7. The highest BCUT2D eigenvalue weighted by molar-refractivity contribution is 8.14. The lowest BCUT2D eigenvalue weighted by Gasteiger charge is -2.22. The van der Waals surface area contributed by atoms with Crippen LogP contribution in [0.25, 0.3) is 0 Å². The van der Waals surface area contributed by atoms with Crippen LogP contribution in [0, 0.1) is 0 Å². The normalized spacial score (nSPS) is 19.8. The van der Waals surface area contributed by atoms with Gasteiger partial charge in [-0.25, -0.2) is 9.78 Å². The minimum absolute atomic E-state index is 0.0846. The molecule has 6 nitrogen and oxygen atoms in total. The van der Waals surface area contributed by atoms with Crippen molar-refractivity contribution in [3.8, 4) is 0 Å². The quantitative estimate of drug-likeness (QED) is 0.759. The number of hydrogen-bond acceptors (Lipinski definition) is 6. The van der Waals surface area contributed by atoms with Gasteiger partial charge in [0.15, 0.2) is 6.04 Å². The lowest BCUT2D eigenvalue weighted by atomic mass is 10.1. The maximum Gasteiger partial charge on any atom is 0.329 e. The molecule has 3 N–H and O–H groups in total. The van der Waals surface area contributed by atoms with Crippen LogP contribution in [0.3, 0.4) is 0 Å². The number of aromatic nitrogens is 1. The van der Waals surface area contributed by atoms with E-state index in [0.29, 0.717) is 28.7 Å². The molecule has 0 bridgehead atoms. The first-order valence-electron chi connectivity index (χ1n) is 7.10. The molecule has 0 spiro atoms. The van der Waals surface area contributed by atoms with Gasteiger partial charge in [0.1, 0.15) is 11.1 Å². The summed E-state index contributed by atoms with van der Waals surface area (Å²) in [7, 11) is 0. The molecule has 0 aliphatic carbocycles. The van der Waals surface area contributed by atoms with Crippen LogP contribution in [0.15, 0.2) is 23.2 Å². The number of rotatable bonds is 5. The second-order valence-electron chi connectivity index (χ2n) is 6.19. The molecule has 0 radical (unpaired) electrons. The Morgan fingerprint density at radius 1 is 1.50 bits per heavy atom. The van der Waals surface area contributed by atoms with Gasteiger partial charge in [-0.05, 0) is 32.9 Å². The van der Waals surface area contributed by atoms with E-state index in [9.17, 15) is 9.90 Å². The third-order valence-corrected chi connectivity index (χ3v) is 4.16. The number of nitrogens with zero attached hydrogens (tertiary/aromatic N) is 2. The van der Waals surface area contributed by atoms with Crippen molar-refractivity contribution in [2.45, 2.75) is 38.5 Å². The van der Waals surface area contributed by atoms with E-state index < -0.39 is 18.1 Å². The van der Waals surface area contributed by atoms with Gasteiger partial charge in [0.2, 0.25) is 0 Å². The zero-order chi connectivity index (χ0) is 16.3. The van der Waals surface area contributed by atoms with Crippen molar-refractivity contribution < 1.29 is 15.0 Å². The van der Waals surface area contributed by atoms with E-state index in [4.69, 9.17) is 5.11 Å². The molecule has 22 heavy (non-hydrogen) atoms. The van der Waals surface area contributed by atoms with Crippen molar-refractivity contribution in [2.24, 2.45) is 4.99 Å². The molecule has 7 heteroatoms. The summed E-state index contributed by atoms with van der Waals surface area (Å²) in [4.78, 5) is 19.5. The number of carboxylic acid groups (broad SMARTS) is 1. The van der Waals surface area contributed by atoms with Crippen LogP contribution in [-0.2, 0) is 4.79 Å². The van der Waals surface area contributed by atoms with E-state index in [2.05, 4.69) is 15.3 Å². The van der Waals surface area contributed by atoms with Gasteiger partial charge in [0, 0.05) is 17.8 Å². The van der Waals surface area contributed by atoms with Crippen molar-refractivity contribution in [1.82, 2.24) is 10.3 Å². The Morgan fingerprint density at radius 2 is 2.23 bits per heavy atom. The van der Waals surface area contributed by atoms with Gasteiger partial charge in [-0.3, -0.25) is 4.99 Å². The number of carbonyl (C=O) groups is 1. The molecule has 1 aliphatic heterocycles. The van der Waals surface area contributed by atoms with E-state index in [1.165, 1.54) is 11.8 Å². The molecule has 0 aromatic carbocycles. The number of thioether (sulfide) groups is 1. The molecule has 120 valence electrons. The number of β-amino-alcohol motifs (C(OH)–C–C–N with tert-alkyl or cyclic N) is 1. The standard InChI is InChI=1S/C15H21N3O3S/c1-15(2,3)16-7-12(19)9-5-4-6-10(17-9)13-18-11(8-22-13)14(20)21/h4-6,11-12,16,19H,7-8H2,1-3H3,(H,20,21)/t11-,12-/m0/s1. The van der Waals surface area contributed by atoms with Gasteiger partial charge in [-0.15, -0.1) is 11.8 Å². The second-order valence-corrected chi connectivity index (χ2v) is 7.20. The Kier molecular flexibility index (Phi) is 5.20. The van der Waals surface area contributed by atoms with Crippen LogP contribution in [0.2, 0.25) is 0 Å². The largest absolute Gasteiger partial charge is 0.480 e. The summed E-state index contributed by atoms with van der Waals surface area (Å²) in [6, 6.07) is 4.63. The lowest BCUT2D eigenvalue weighted by Crippen LogP contribution is -2.38. The summed E-state index contributed by atoms with van der Waals surface area (Å²) < 4.78 is 0. The van der Waals surface area contributed by atoms with Crippen LogP contribution < -0.4 is 5.32 Å². The molecule has 0 saturated heterocycles. The summed E-state index contributed by atoms with van der Waals surface area (Å²) in [5, 5.41) is 23.0. The Hall–Kier alpha value is -1.44. The van der Waals surface area contributed by atoms with E-state index in [0.717, 1.165) is 0 Å². The third-order valence-electron chi connectivity index (χ3n) is 3.09.